The van der Waals surface area contributed by atoms with E-state index in [4.69, 9.17) is 5.73 Å². The number of aromatic nitrogens is 2. The Balaban J connectivity index is 2.10. The van der Waals surface area contributed by atoms with Crippen LogP contribution in [0.2, 0.25) is 0 Å². The summed E-state index contributed by atoms with van der Waals surface area (Å²) in [6.07, 6.45) is 0.835. The third-order valence-corrected chi connectivity index (χ3v) is 4.07. The molecule has 5 heteroatoms. The van der Waals surface area contributed by atoms with Crippen molar-refractivity contribution in [3.63, 3.8) is 0 Å². The third-order valence-electron chi connectivity index (χ3n) is 2.39. The Morgan fingerprint density at radius 1 is 1.38 bits per heavy atom. The van der Waals surface area contributed by atoms with Crippen LogP contribution in [-0.4, -0.2) is 9.59 Å². The second-order valence-corrected chi connectivity index (χ2v) is 5.69. The third kappa shape index (κ3) is 2.78. The molecule has 3 nitrogen and oxygen atoms in total. The summed E-state index contributed by atoms with van der Waals surface area (Å²) >= 11 is 3.69. The molecular formula is C11H12IN3S. The monoisotopic (exact) mass is 345 g/mol. The molecule has 1 aromatic carbocycles. The average Bonchev–Trinajstić information content (AvgIpc) is 2.68. The summed E-state index contributed by atoms with van der Waals surface area (Å²) in [5.74, 6) is 0. The predicted octanol–water partition coefficient (Wildman–Crippen LogP) is 2.69. The lowest BCUT2D eigenvalue weighted by atomic mass is 10.0. The maximum atomic E-state index is 6.14. The van der Waals surface area contributed by atoms with E-state index in [1.807, 2.05) is 6.92 Å². The average molecular weight is 345 g/mol. The van der Waals surface area contributed by atoms with Crippen molar-refractivity contribution in [1.82, 2.24) is 9.59 Å². The maximum Gasteiger partial charge on any atom is 0.0772 e. The fraction of sp³-hybridized carbons (Fsp3) is 0.273. The highest BCUT2D eigenvalue weighted by atomic mass is 127. The Morgan fingerprint density at radius 2 is 2.06 bits per heavy atom. The van der Waals surface area contributed by atoms with E-state index in [-0.39, 0.29) is 6.04 Å². The predicted molar refractivity (Wildman–Crippen MR) is 74.4 cm³/mol. The molecule has 84 valence electrons. The van der Waals surface area contributed by atoms with Gasteiger partial charge in [-0.3, -0.25) is 0 Å². The molecule has 0 bridgehead atoms. The molecule has 0 saturated heterocycles. The Kier molecular flexibility index (Phi) is 3.88. The highest BCUT2D eigenvalue weighted by Crippen LogP contribution is 2.21. The second kappa shape index (κ2) is 5.20. The molecule has 1 atom stereocenters. The zero-order valence-corrected chi connectivity index (χ0v) is 11.8. The molecule has 0 aliphatic rings. The molecule has 1 aromatic heterocycles. The smallest absolute Gasteiger partial charge is 0.0772 e. The first-order chi connectivity index (χ1) is 7.66. The van der Waals surface area contributed by atoms with Crippen LogP contribution in [0.15, 0.2) is 24.3 Å². The van der Waals surface area contributed by atoms with Gasteiger partial charge in [0.25, 0.3) is 0 Å². The summed E-state index contributed by atoms with van der Waals surface area (Å²) in [7, 11) is 0. The van der Waals surface area contributed by atoms with Crippen molar-refractivity contribution < 1.29 is 0 Å². The van der Waals surface area contributed by atoms with Crippen molar-refractivity contribution in [2.75, 3.05) is 0 Å². The number of nitrogens with zero attached hydrogens (tertiary/aromatic N) is 2. The van der Waals surface area contributed by atoms with E-state index >= 15 is 0 Å². The molecule has 0 radical (unpaired) electrons. The molecule has 0 aliphatic heterocycles. The lowest BCUT2D eigenvalue weighted by Crippen LogP contribution is -2.13. The van der Waals surface area contributed by atoms with Crippen molar-refractivity contribution in [3.05, 3.63) is 44.0 Å². The molecule has 16 heavy (non-hydrogen) atoms. The Bertz CT molecular complexity index is 466. The quantitative estimate of drug-likeness (QED) is 0.871. The molecule has 1 unspecified atom stereocenters. The van der Waals surface area contributed by atoms with Gasteiger partial charge in [-0.05, 0) is 65.2 Å². The molecule has 2 N–H and O–H groups in total. The minimum atomic E-state index is 0.0000567. The summed E-state index contributed by atoms with van der Waals surface area (Å²) in [6, 6.07) is 8.43. The van der Waals surface area contributed by atoms with E-state index in [9.17, 15) is 0 Å². The molecule has 0 fully saturated rings. The minimum absolute atomic E-state index is 0.0000567. The Labute approximate surface area is 112 Å². The number of aryl methyl sites for hydroxylation is 1. The van der Waals surface area contributed by atoms with E-state index < -0.39 is 0 Å². The van der Waals surface area contributed by atoms with Crippen molar-refractivity contribution in [3.8, 4) is 0 Å². The van der Waals surface area contributed by atoms with Crippen LogP contribution in [0.1, 0.15) is 22.2 Å². The number of hydrogen-bond acceptors (Lipinski definition) is 4. The highest BCUT2D eigenvalue weighted by Gasteiger charge is 2.13. The van der Waals surface area contributed by atoms with Gasteiger partial charge in [-0.1, -0.05) is 16.6 Å². The van der Waals surface area contributed by atoms with Crippen LogP contribution in [0.5, 0.6) is 0 Å². The summed E-state index contributed by atoms with van der Waals surface area (Å²) < 4.78 is 5.15. The Morgan fingerprint density at radius 3 is 2.62 bits per heavy atom. The zero-order valence-electron chi connectivity index (χ0n) is 8.85. The molecule has 1 heterocycles. The topological polar surface area (TPSA) is 51.8 Å². The van der Waals surface area contributed by atoms with E-state index in [0.717, 1.165) is 17.0 Å². The van der Waals surface area contributed by atoms with Gasteiger partial charge in [-0.25, -0.2) is 0 Å². The molecular weight excluding hydrogens is 333 g/mol. The second-order valence-electron chi connectivity index (χ2n) is 3.66. The SMILES string of the molecule is Cc1nnsc1C(N)Cc1ccc(I)cc1. The van der Waals surface area contributed by atoms with E-state index in [2.05, 4.69) is 56.4 Å². The van der Waals surface area contributed by atoms with Gasteiger partial charge in [-0.2, -0.15) is 0 Å². The van der Waals surface area contributed by atoms with Gasteiger partial charge >= 0.3 is 0 Å². The number of benzene rings is 1. The largest absolute Gasteiger partial charge is 0.323 e. The van der Waals surface area contributed by atoms with Gasteiger partial charge in [0.05, 0.1) is 10.6 Å². The van der Waals surface area contributed by atoms with Crippen LogP contribution < -0.4 is 5.73 Å². The standard InChI is InChI=1S/C11H12IN3S/c1-7-11(16-15-14-7)10(13)6-8-2-4-9(12)5-3-8/h2-5,10H,6,13H2,1H3. The number of hydrogen-bond donors (Lipinski definition) is 1. The van der Waals surface area contributed by atoms with Crippen molar-refractivity contribution in [1.29, 1.82) is 0 Å². The molecule has 0 saturated carbocycles. The highest BCUT2D eigenvalue weighted by molar-refractivity contribution is 14.1. The van der Waals surface area contributed by atoms with Gasteiger partial charge < -0.3 is 5.73 Å². The van der Waals surface area contributed by atoms with Crippen LogP contribution in [0.25, 0.3) is 0 Å². The maximum absolute atomic E-state index is 6.14. The number of nitrogens with two attached hydrogens (primary N) is 1. The molecule has 0 spiro atoms. The van der Waals surface area contributed by atoms with Crippen molar-refractivity contribution in [2.45, 2.75) is 19.4 Å². The lowest BCUT2D eigenvalue weighted by molar-refractivity contribution is 0.728. The van der Waals surface area contributed by atoms with Crippen molar-refractivity contribution in [2.24, 2.45) is 5.73 Å². The summed E-state index contributed by atoms with van der Waals surface area (Å²) in [4.78, 5) is 1.08. The number of halogens is 1. The zero-order chi connectivity index (χ0) is 11.5. The van der Waals surface area contributed by atoms with Crippen molar-refractivity contribution >= 4 is 34.1 Å². The van der Waals surface area contributed by atoms with Crippen LogP contribution in [0.4, 0.5) is 0 Å². The molecule has 2 rings (SSSR count). The fourth-order valence-electron chi connectivity index (χ4n) is 1.54. The first-order valence-electron chi connectivity index (χ1n) is 4.95. The van der Waals surface area contributed by atoms with Crippen LogP contribution in [0, 0.1) is 10.5 Å². The molecule has 0 aliphatic carbocycles. The van der Waals surface area contributed by atoms with Gasteiger partial charge in [0.1, 0.15) is 0 Å². The summed E-state index contributed by atoms with van der Waals surface area (Å²) in [5.41, 5.74) is 8.34. The molecule has 0 amide bonds. The lowest BCUT2D eigenvalue weighted by Gasteiger charge is -2.09. The van der Waals surface area contributed by atoms with E-state index in [0.29, 0.717) is 0 Å². The molecule has 2 aromatic rings. The Hall–Kier alpha value is -0.530. The van der Waals surface area contributed by atoms with Crippen LogP contribution in [0.3, 0.4) is 0 Å². The number of rotatable bonds is 3. The van der Waals surface area contributed by atoms with E-state index in [1.54, 1.807) is 0 Å². The van der Waals surface area contributed by atoms with Gasteiger partial charge in [-0.15, -0.1) is 5.10 Å². The van der Waals surface area contributed by atoms with Crippen LogP contribution in [-0.2, 0) is 6.42 Å². The first-order valence-corrected chi connectivity index (χ1v) is 6.81. The normalized spacial score (nSPS) is 12.7. The van der Waals surface area contributed by atoms with Gasteiger partial charge in [0.15, 0.2) is 0 Å². The van der Waals surface area contributed by atoms with E-state index in [1.165, 1.54) is 20.7 Å². The van der Waals surface area contributed by atoms with Crippen LogP contribution >= 0.6 is 34.1 Å². The first kappa shape index (κ1) is 11.9. The summed E-state index contributed by atoms with van der Waals surface area (Å²) in [5, 5.41) is 3.98. The summed E-state index contributed by atoms with van der Waals surface area (Å²) in [6.45, 7) is 1.95. The fourth-order valence-corrected chi connectivity index (χ4v) is 2.55. The van der Waals surface area contributed by atoms with Gasteiger partial charge in [0, 0.05) is 9.61 Å². The van der Waals surface area contributed by atoms with Gasteiger partial charge in [0.2, 0.25) is 0 Å². The minimum Gasteiger partial charge on any atom is -0.323 e.